The number of carboxylic acids is 1. The van der Waals surface area contributed by atoms with Crippen molar-refractivity contribution in [2.24, 2.45) is 62.1 Å². The van der Waals surface area contributed by atoms with E-state index in [-0.39, 0.29) is 50.4 Å². The van der Waals surface area contributed by atoms with Gasteiger partial charge in [-0.1, -0.05) is 93.7 Å². The maximum absolute atomic E-state index is 16.6. The van der Waals surface area contributed by atoms with Crippen LogP contribution in [0.4, 0.5) is 0 Å². The molecule has 5 aliphatic carbocycles. The zero-order chi connectivity index (χ0) is 104. The molecule has 141 heavy (non-hydrogen) atoms. The molecule has 4 saturated carbocycles. The highest BCUT2D eigenvalue weighted by Crippen LogP contribution is 2.76. The van der Waals surface area contributed by atoms with Crippen LogP contribution in [0.3, 0.4) is 0 Å². The van der Waals surface area contributed by atoms with Crippen LogP contribution in [0.1, 0.15) is 186 Å². The Bertz CT molecular complexity index is 4210. The lowest BCUT2D eigenvalue weighted by Crippen LogP contribution is -2.69. The van der Waals surface area contributed by atoms with E-state index in [9.17, 15) is 136 Å². The van der Waals surface area contributed by atoms with Gasteiger partial charge in [-0.25, -0.2) is 4.79 Å². The Hall–Kier alpha value is -4.68. The monoisotopic (exact) mass is 2030 g/mol. The summed E-state index contributed by atoms with van der Waals surface area (Å²) in [6.45, 7) is 19.5. The van der Waals surface area contributed by atoms with E-state index in [1.165, 1.54) is 13.8 Å². The van der Waals surface area contributed by atoms with E-state index >= 15 is 4.79 Å². The first-order valence-electron chi connectivity index (χ1n) is 49.2. The zero-order valence-corrected chi connectivity index (χ0v) is 81.5. The number of hydrogen-bond donors (Lipinski definition) is 22. The Kier molecular flexibility index (Phi) is 36.7. The molecular formula is C94H150O47. The zero-order valence-electron chi connectivity index (χ0n) is 81.5. The number of aldehydes is 1. The van der Waals surface area contributed by atoms with Crippen LogP contribution in [0.5, 0.6) is 0 Å². The second kappa shape index (κ2) is 45.6. The molecule has 0 unspecified atom stereocenters. The molecule has 0 radical (unpaired) electrons. The number of fused-ring (bicyclic) bond motifs is 7. The van der Waals surface area contributed by atoms with E-state index < -0.39 is 384 Å². The number of aliphatic hydroxyl groups is 21. The second-order valence-electron chi connectivity index (χ2n) is 43.0. The van der Waals surface area contributed by atoms with Gasteiger partial charge in [0.05, 0.1) is 94.0 Å². The van der Waals surface area contributed by atoms with Crippen LogP contribution in [0.25, 0.3) is 0 Å². The molecule has 13 rings (SSSR count). The molecule has 0 aromatic heterocycles. The lowest BCUT2D eigenvalue weighted by molar-refractivity contribution is -0.391. The fraction of sp³-hybridized carbons (Fsp3) is 0.915. The van der Waals surface area contributed by atoms with Gasteiger partial charge < -0.3 is 207 Å². The van der Waals surface area contributed by atoms with Crippen molar-refractivity contribution in [2.45, 2.75) is 444 Å². The van der Waals surface area contributed by atoms with Crippen LogP contribution in [-0.2, 0) is 119 Å². The largest absolute Gasteiger partial charge is 0.479 e. The Morgan fingerprint density at radius 3 is 1.57 bits per heavy atom. The molecule has 0 aromatic carbocycles. The van der Waals surface area contributed by atoms with E-state index in [0.717, 1.165) is 18.8 Å². The molecular weight excluding hydrogens is 1880 g/mol. The van der Waals surface area contributed by atoms with Crippen molar-refractivity contribution in [1.82, 2.24) is 0 Å². The lowest BCUT2D eigenvalue weighted by Gasteiger charge is -2.71. The van der Waals surface area contributed by atoms with Crippen LogP contribution in [0.15, 0.2) is 11.6 Å². The van der Waals surface area contributed by atoms with Crippen molar-refractivity contribution < 1.29 is 231 Å². The summed E-state index contributed by atoms with van der Waals surface area (Å²) >= 11 is 0. The molecule has 13 aliphatic rings. The van der Waals surface area contributed by atoms with Crippen molar-refractivity contribution in [2.75, 3.05) is 33.0 Å². The lowest BCUT2D eigenvalue weighted by atomic mass is 9.33. The number of carbonyl (C=O) groups excluding carboxylic acids is 5. The molecule has 22 N–H and O–H groups in total. The van der Waals surface area contributed by atoms with E-state index in [2.05, 4.69) is 19.9 Å². The van der Waals surface area contributed by atoms with Crippen molar-refractivity contribution in [1.29, 1.82) is 0 Å². The summed E-state index contributed by atoms with van der Waals surface area (Å²) in [5.74, 6) is -8.45. The third-order valence-electron chi connectivity index (χ3n) is 33.4. The van der Waals surface area contributed by atoms with E-state index in [4.69, 9.17) is 90.0 Å². The average Bonchev–Trinajstić information content (AvgIpc) is 0.900. The number of ether oxygens (including phenoxy) is 19. The average molecular weight is 2030 g/mol. The highest BCUT2D eigenvalue weighted by atomic mass is 16.8. The molecule has 12 fully saturated rings. The molecule has 8 heterocycles. The van der Waals surface area contributed by atoms with Gasteiger partial charge in [0, 0.05) is 19.8 Å². The number of carboxylic acid groups (broad SMARTS) is 1. The number of rotatable bonds is 35. The normalized spacial score (nSPS) is 48.0. The van der Waals surface area contributed by atoms with Gasteiger partial charge in [0.1, 0.15) is 152 Å². The molecule has 808 valence electrons. The molecule has 47 heteroatoms. The third kappa shape index (κ3) is 22.6. The Morgan fingerprint density at radius 2 is 0.979 bits per heavy atom. The number of carbonyl (C=O) groups is 6. The van der Waals surface area contributed by atoms with E-state index in [0.29, 0.717) is 44.9 Å². The van der Waals surface area contributed by atoms with Gasteiger partial charge in [0.2, 0.25) is 6.29 Å². The Balaban J connectivity index is 0.767. The number of esters is 4. The van der Waals surface area contributed by atoms with Gasteiger partial charge in [-0.05, 0) is 123 Å². The number of aliphatic hydroxyl groups excluding tert-OH is 21. The van der Waals surface area contributed by atoms with Crippen molar-refractivity contribution in [3.63, 3.8) is 0 Å². The quantitative estimate of drug-likeness (QED) is 0.00928. The Morgan fingerprint density at radius 1 is 0.475 bits per heavy atom. The van der Waals surface area contributed by atoms with Gasteiger partial charge in [-0.3, -0.25) is 19.2 Å². The summed E-state index contributed by atoms with van der Waals surface area (Å²) in [5, 5.41) is 244. The summed E-state index contributed by atoms with van der Waals surface area (Å²) in [5.41, 5.74) is -5.68. The van der Waals surface area contributed by atoms with Crippen LogP contribution >= 0.6 is 0 Å². The van der Waals surface area contributed by atoms with Crippen molar-refractivity contribution >= 4 is 36.1 Å². The number of allylic oxidation sites excluding steroid dienone is 2. The molecule has 47 nitrogen and oxygen atoms in total. The van der Waals surface area contributed by atoms with Crippen LogP contribution in [-0.4, -0.2) is 439 Å². The molecule has 8 saturated heterocycles. The summed E-state index contributed by atoms with van der Waals surface area (Å²) in [6, 6.07) is 0. The minimum Gasteiger partial charge on any atom is -0.479 e. The van der Waals surface area contributed by atoms with Crippen LogP contribution < -0.4 is 0 Å². The molecule has 0 aromatic rings. The molecule has 8 aliphatic heterocycles. The molecule has 0 bridgehead atoms. The predicted molar refractivity (Wildman–Crippen MR) is 468 cm³/mol. The SMILES string of the molecule is CC[C@H](C)[C@H](C[C@H](O)CC(=O)O[C@@H]1[C@H](OC(C)=O)[C@@H](O[C@@H]2O[C@@H](C)[C@H](O[C@@H]3OC[C@@H](O)[C@H](O[C@@H]4OC[C@@H](O)[C@H](O)[C@H]4O)[C@H]3O)[C@@H](O)[C@H]2O)[C@H](OC(=O)[C@]23CCC(C)(C)C[C@H]2C2=CC[C@@H]4[C@@]5(C)CC[C@H](O[C@@H]6O[C@H](C(=O)O)[C@@H](O)[C@H](O[C@H]7OC[C@@H](O)[C@H](O)[C@H]7O)[C@H]6O[C@@H]6O[C@H](CO)[C@H](O)[C@H](O)[C@H]6O)[C@@](C)(C=O)[C@@H]5CC[C@@]4(C)[C@]2(C)C[C@H]3O)O[C@@H]1C)OC(=O)C[C@@H](O)C[C@H](O[C@@H]1O[C@@H](CO)[C@H](O)[C@H]1O)[C@@H](C)CC. The van der Waals surface area contributed by atoms with Gasteiger partial charge in [0.15, 0.2) is 68.4 Å². The maximum atomic E-state index is 16.6. The molecule has 0 amide bonds. The smallest absolute Gasteiger partial charge is 0.335 e. The minimum atomic E-state index is -2.27. The highest BCUT2D eigenvalue weighted by molar-refractivity contribution is 5.80. The first-order chi connectivity index (χ1) is 66.2. The summed E-state index contributed by atoms with van der Waals surface area (Å²) in [4.78, 5) is 86.5. The van der Waals surface area contributed by atoms with Gasteiger partial charge in [-0.2, -0.15) is 0 Å². The van der Waals surface area contributed by atoms with Gasteiger partial charge in [0.25, 0.3) is 0 Å². The van der Waals surface area contributed by atoms with E-state index in [1.807, 2.05) is 27.7 Å². The van der Waals surface area contributed by atoms with Crippen LogP contribution in [0.2, 0.25) is 0 Å². The maximum Gasteiger partial charge on any atom is 0.335 e. The molecule has 0 spiro atoms. The fourth-order valence-corrected chi connectivity index (χ4v) is 24.4. The summed E-state index contributed by atoms with van der Waals surface area (Å²) < 4.78 is 115. The number of hydrogen-bond acceptors (Lipinski definition) is 46. The van der Waals surface area contributed by atoms with E-state index in [1.54, 1.807) is 27.7 Å². The summed E-state index contributed by atoms with van der Waals surface area (Å²) in [6.07, 6.45) is -70.4. The standard InChI is InChI=1S/C94H150O47/c1-14-36(3)48(129-56(105)26-42(100)25-49(37(4)15-2)130-84-66(115)61(110)51(31-96)131-84)24-41(99)27-57(106)134-72-39(6)127-86(78(76(72)128-40(7)98)140-83-68(117)63(112)71(38(5)126-83)135-82-70(119)73(47(103)34-125-82)136-80-64(113)58(107)45(101)32-123-80)141-88(122)94-23-22-89(8,9)28-44(94)43-16-17-53-90(10)20-19-55(91(11,35-97)52(90)18-21-92(53,12)93(43,13)29-54(94)104)133-87-77(139-85-67(116)62(111)60(109)50(30-95)132-85)74(69(118)75(138-87)79(120)121)137-81-65(114)59(108)46(102)33-124-81/h16,35-39,41-42,44-55,58-78,80-87,95-96,99-104,107-119H,14-15,17-34H2,1-13H3,(H,120,121)/t36-,37-,38-,39+,41-,42-,44-,45+,46+,47+,48-,49-,50+,51-,52+,53+,54+,55-,58-,59-,60-,61-,62-,63-,64+,65+,66+,67+,68+,69-,70+,71-,72-,73-,74-,75-,76-,77+,78+,80-,81+,82-,83-,84+,85-,86-,87+,90-,91-,92+,93+,94+/m0/s1. The van der Waals surface area contributed by atoms with Crippen molar-refractivity contribution in [3.05, 3.63) is 11.6 Å². The Labute approximate surface area is 815 Å². The second-order valence-corrected chi connectivity index (χ2v) is 43.0. The topological polar surface area (TPSA) is 723 Å². The highest BCUT2D eigenvalue weighted by Gasteiger charge is 2.74. The minimum absolute atomic E-state index is 0.0101. The number of aliphatic carboxylic acids is 1. The summed E-state index contributed by atoms with van der Waals surface area (Å²) in [7, 11) is 0. The first-order valence-corrected chi connectivity index (χ1v) is 49.2. The fourth-order valence-electron chi connectivity index (χ4n) is 24.4. The predicted octanol–water partition coefficient (Wildman–Crippen LogP) is -5.12. The van der Waals surface area contributed by atoms with Crippen molar-refractivity contribution in [3.8, 4) is 0 Å². The van der Waals surface area contributed by atoms with Gasteiger partial charge in [-0.15, -0.1) is 0 Å². The van der Waals surface area contributed by atoms with Gasteiger partial charge >= 0.3 is 29.8 Å². The third-order valence-corrected chi connectivity index (χ3v) is 33.4. The molecule has 52 atom stereocenters. The van der Waals surface area contributed by atoms with Crippen LogP contribution in [0, 0.1) is 62.1 Å². The first kappa shape index (κ1) is 113.